The van der Waals surface area contributed by atoms with Gasteiger partial charge in [-0.25, -0.2) is 9.97 Å². The van der Waals surface area contributed by atoms with Crippen LogP contribution in [-0.4, -0.2) is 9.97 Å². The first-order valence-corrected chi connectivity index (χ1v) is 24.5. The fourth-order valence-electron chi connectivity index (χ4n) is 12.7. The van der Waals surface area contributed by atoms with Crippen LogP contribution in [0.4, 0.5) is 0 Å². The molecule has 2 heterocycles. The number of benzene rings is 10. The summed E-state index contributed by atoms with van der Waals surface area (Å²) in [6.07, 6.45) is 0. The molecule has 328 valence electrons. The highest BCUT2D eigenvalue weighted by atomic mass is 14.8. The Morgan fingerprint density at radius 2 is 0.691 bits per heavy atom. The van der Waals surface area contributed by atoms with Crippen molar-refractivity contribution >= 4 is 75.7 Å². The number of hydrogen-bond acceptors (Lipinski definition) is 2. The van der Waals surface area contributed by atoms with Crippen molar-refractivity contribution in [2.45, 2.75) is 90.9 Å². The highest BCUT2D eigenvalue weighted by Gasteiger charge is 2.39. The summed E-state index contributed by atoms with van der Waals surface area (Å²) in [6.45, 7) is 23.4. The van der Waals surface area contributed by atoms with Crippen LogP contribution < -0.4 is 0 Å². The quantitative estimate of drug-likeness (QED) is 0.162. The van der Waals surface area contributed by atoms with E-state index in [1.807, 2.05) is 0 Å². The second-order valence-corrected chi connectivity index (χ2v) is 23.4. The summed E-state index contributed by atoms with van der Waals surface area (Å²) in [7, 11) is 0. The van der Waals surface area contributed by atoms with Crippen molar-refractivity contribution in [3.05, 3.63) is 179 Å². The molecule has 0 saturated heterocycles. The van der Waals surface area contributed by atoms with Crippen LogP contribution in [0.1, 0.15) is 103 Å². The van der Waals surface area contributed by atoms with Crippen molar-refractivity contribution in [3.8, 4) is 44.8 Å². The lowest BCUT2D eigenvalue weighted by molar-refractivity contribution is 0.591. The maximum Gasteiger partial charge on any atom is 0.0894 e. The molecule has 0 unspecified atom stereocenters. The van der Waals surface area contributed by atoms with Gasteiger partial charge in [0.25, 0.3) is 0 Å². The topological polar surface area (TPSA) is 25.8 Å². The number of rotatable bonds is 2. The van der Waals surface area contributed by atoms with E-state index in [0.29, 0.717) is 0 Å². The van der Waals surface area contributed by atoms with E-state index in [0.717, 1.165) is 33.5 Å². The molecule has 2 aliphatic rings. The molecule has 0 N–H and O–H groups in total. The Labute approximate surface area is 398 Å². The van der Waals surface area contributed by atoms with Gasteiger partial charge in [-0.15, -0.1) is 0 Å². The van der Waals surface area contributed by atoms with E-state index in [2.05, 4.69) is 215 Å². The molecule has 0 saturated carbocycles. The first-order valence-electron chi connectivity index (χ1n) is 24.5. The molecule has 14 rings (SSSR count). The molecule has 0 radical (unpaired) electrons. The van der Waals surface area contributed by atoms with Gasteiger partial charge in [0, 0.05) is 22.0 Å². The van der Waals surface area contributed by atoms with Gasteiger partial charge in [0.15, 0.2) is 0 Å². The van der Waals surface area contributed by atoms with Crippen LogP contribution in [-0.2, 0) is 21.7 Å². The van der Waals surface area contributed by atoms with Gasteiger partial charge in [-0.2, -0.15) is 0 Å². The fourth-order valence-corrected chi connectivity index (χ4v) is 12.7. The van der Waals surface area contributed by atoms with Crippen molar-refractivity contribution in [3.63, 3.8) is 0 Å². The minimum Gasteiger partial charge on any atom is -0.246 e. The van der Waals surface area contributed by atoms with Crippen LogP contribution in [0, 0.1) is 0 Å². The Morgan fingerprint density at radius 1 is 0.338 bits per heavy atom. The van der Waals surface area contributed by atoms with Gasteiger partial charge in [-0.1, -0.05) is 166 Å². The zero-order valence-corrected chi connectivity index (χ0v) is 40.8. The maximum atomic E-state index is 5.26. The summed E-state index contributed by atoms with van der Waals surface area (Å²) in [5.41, 5.74) is 19.5. The van der Waals surface area contributed by atoms with Gasteiger partial charge in [-0.05, 0) is 180 Å². The Hall–Kier alpha value is -7.16. The SMILES string of the molecule is CC(C)(C)c1cc2ccc3cc4c(c5ccc(c1)c2c35)-c1ccc(-c2ccc3nc(-c5ccc6c(c5)C(C)(C)c5cc7ccc8cc(C(C)(C)C)cc9ccc(c5-6)c7c89)ccc3n2)cc1C4(C)C. The minimum absolute atomic E-state index is 0.0878. The standard InChI is InChI=1S/C66H54N2/c1-63(2,3)43-27-37-11-13-41-33-51-61(47-21-17-39(29-43)57(37)59(41)47)45-19-15-35(31-49(45)65(51,7)8)53-23-25-56-55(67-53)26-24-54(68-56)36-16-20-46-50(32-36)66(9,10)52-34-42-14-12-38-28-44(64(4,5)6)30-40-18-22-48(62(46)52)60(42)58(38)40/h11-34H,1-10H3. The van der Waals surface area contributed by atoms with E-state index in [4.69, 9.17) is 9.97 Å². The molecule has 2 nitrogen and oxygen atoms in total. The van der Waals surface area contributed by atoms with Crippen molar-refractivity contribution < 1.29 is 0 Å². The smallest absolute Gasteiger partial charge is 0.0894 e. The van der Waals surface area contributed by atoms with Crippen LogP contribution in [0.2, 0.25) is 0 Å². The van der Waals surface area contributed by atoms with E-state index < -0.39 is 0 Å². The third-order valence-corrected chi connectivity index (χ3v) is 16.6. The van der Waals surface area contributed by atoms with E-state index in [-0.39, 0.29) is 21.7 Å². The molecule has 0 fully saturated rings. The monoisotopic (exact) mass is 874 g/mol. The highest BCUT2D eigenvalue weighted by molar-refractivity contribution is 6.28. The Kier molecular flexibility index (Phi) is 7.57. The van der Waals surface area contributed by atoms with Gasteiger partial charge in [0.05, 0.1) is 22.4 Å². The normalized spacial score (nSPS) is 15.1. The lowest BCUT2D eigenvalue weighted by Crippen LogP contribution is -2.15. The summed E-state index contributed by atoms with van der Waals surface area (Å²) in [6, 6.07) is 56.1. The Balaban J connectivity index is 0.820. The lowest BCUT2D eigenvalue weighted by Gasteiger charge is -2.24. The van der Waals surface area contributed by atoms with Crippen molar-refractivity contribution in [1.29, 1.82) is 0 Å². The van der Waals surface area contributed by atoms with E-state index in [1.54, 1.807) is 0 Å². The molecule has 2 aromatic heterocycles. The molecule has 0 amide bonds. The van der Waals surface area contributed by atoms with Gasteiger partial charge < -0.3 is 0 Å². The molecule has 0 aliphatic heterocycles. The average Bonchev–Trinajstić information content (AvgIpc) is 3.69. The number of aromatic nitrogens is 2. The Morgan fingerprint density at radius 3 is 1.06 bits per heavy atom. The second kappa shape index (κ2) is 12.9. The van der Waals surface area contributed by atoms with Gasteiger partial charge in [0.2, 0.25) is 0 Å². The van der Waals surface area contributed by atoms with Crippen LogP contribution in [0.15, 0.2) is 146 Å². The highest BCUT2D eigenvalue weighted by Crippen LogP contribution is 2.56. The molecule has 2 aliphatic carbocycles. The van der Waals surface area contributed by atoms with Crippen LogP contribution >= 0.6 is 0 Å². The first kappa shape index (κ1) is 40.0. The molecule has 0 bridgehead atoms. The molecule has 10 aromatic carbocycles. The van der Waals surface area contributed by atoms with E-state index in [9.17, 15) is 0 Å². The number of nitrogens with zero attached hydrogens (tertiary/aromatic N) is 2. The maximum absolute atomic E-state index is 5.26. The van der Waals surface area contributed by atoms with Crippen molar-refractivity contribution in [1.82, 2.24) is 9.97 Å². The number of fused-ring (bicyclic) bond motifs is 9. The summed E-state index contributed by atoms with van der Waals surface area (Å²) in [4.78, 5) is 10.5. The number of hydrogen-bond donors (Lipinski definition) is 0. The predicted octanol–water partition coefficient (Wildman–Crippen LogP) is 18.0. The van der Waals surface area contributed by atoms with Gasteiger partial charge in [-0.3, -0.25) is 0 Å². The first-order chi connectivity index (χ1) is 32.4. The summed E-state index contributed by atoms with van der Waals surface area (Å²) in [5.74, 6) is 0. The predicted molar refractivity (Wildman–Crippen MR) is 290 cm³/mol. The lowest BCUT2D eigenvalue weighted by atomic mass is 9.79. The summed E-state index contributed by atoms with van der Waals surface area (Å²) >= 11 is 0. The second-order valence-electron chi connectivity index (χ2n) is 23.4. The zero-order valence-electron chi connectivity index (χ0n) is 40.8. The molecule has 0 spiro atoms. The largest absolute Gasteiger partial charge is 0.246 e. The minimum atomic E-state index is -0.167. The molecular weight excluding hydrogens is 821 g/mol. The zero-order chi connectivity index (χ0) is 46.6. The van der Waals surface area contributed by atoms with Crippen LogP contribution in [0.5, 0.6) is 0 Å². The summed E-state index contributed by atoms with van der Waals surface area (Å²) in [5, 5.41) is 16.2. The summed E-state index contributed by atoms with van der Waals surface area (Å²) < 4.78 is 0. The van der Waals surface area contributed by atoms with Gasteiger partial charge in [0.1, 0.15) is 0 Å². The molecule has 12 aromatic rings. The van der Waals surface area contributed by atoms with Gasteiger partial charge >= 0.3 is 0 Å². The number of pyridine rings is 2. The van der Waals surface area contributed by atoms with Crippen LogP contribution in [0.25, 0.3) is 120 Å². The molecule has 0 atom stereocenters. The third-order valence-electron chi connectivity index (χ3n) is 16.6. The fraction of sp³-hybridized carbons (Fsp3) is 0.212. The van der Waals surface area contributed by atoms with E-state index in [1.165, 1.54) is 120 Å². The molecular formula is C66H54N2. The van der Waals surface area contributed by atoms with Crippen LogP contribution in [0.3, 0.4) is 0 Å². The Bertz CT molecular complexity index is 3890. The van der Waals surface area contributed by atoms with Crippen molar-refractivity contribution in [2.75, 3.05) is 0 Å². The van der Waals surface area contributed by atoms with E-state index >= 15 is 0 Å². The molecule has 68 heavy (non-hydrogen) atoms. The molecule has 2 heteroatoms. The van der Waals surface area contributed by atoms with Crippen molar-refractivity contribution in [2.24, 2.45) is 0 Å². The average molecular weight is 875 g/mol. The third kappa shape index (κ3) is 5.29.